The maximum absolute atomic E-state index is 12.4. The van der Waals surface area contributed by atoms with Crippen LogP contribution < -0.4 is 10.2 Å². The van der Waals surface area contributed by atoms with Crippen molar-refractivity contribution in [2.45, 2.75) is 13.3 Å². The van der Waals surface area contributed by atoms with Crippen molar-refractivity contribution in [2.24, 2.45) is 0 Å². The molecule has 0 aliphatic heterocycles. The third-order valence-corrected chi connectivity index (χ3v) is 4.69. The van der Waals surface area contributed by atoms with Gasteiger partial charge in [0.15, 0.2) is 0 Å². The second-order valence-corrected chi connectivity index (χ2v) is 6.61. The number of nitrogens with zero attached hydrogens (tertiary/aromatic N) is 1. The summed E-state index contributed by atoms with van der Waals surface area (Å²) in [5.74, 6) is -0.251. The molecule has 3 aromatic rings. The van der Waals surface area contributed by atoms with Crippen LogP contribution in [0.1, 0.15) is 21.5 Å². The van der Waals surface area contributed by atoms with Gasteiger partial charge in [-0.3, -0.25) is 20.5 Å². The molecule has 1 heterocycles. The molecule has 0 saturated carbocycles. The van der Waals surface area contributed by atoms with Crippen LogP contribution in [0, 0.1) is 17.7 Å². The molecule has 0 aliphatic carbocycles. The molecule has 0 unspecified atom stereocenters. The van der Waals surface area contributed by atoms with Gasteiger partial charge in [0.1, 0.15) is 0 Å². The topological polar surface area (TPSA) is 95.8 Å². The molecule has 6 nitrogen and oxygen atoms in total. The number of carbonyl (C=O) groups is 1. The highest BCUT2D eigenvalue weighted by atomic mass is 35.5. The molecule has 0 atom stereocenters. The Morgan fingerprint density at radius 1 is 1.22 bits per heavy atom. The Hall–Kier alpha value is -3.12. The zero-order valence-corrected chi connectivity index (χ0v) is 15.6. The van der Waals surface area contributed by atoms with Crippen LogP contribution in [0.4, 0.5) is 5.69 Å². The third-order valence-electron chi connectivity index (χ3n) is 4.38. The fourth-order valence-electron chi connectivity index (χ4n) is 2.95. The molecule has 138 valence electrons. The summed E-state index contributed by atoms with van der Waals surface area (Å²) in [4.78, 5) is 17.0. The highest BCUT2D eigenvalue weighted by Crippen LogP contribution is 2.23. The van der Waals surface area contributed by atoms with Crippen LogP contribution in [0.2, 0.25) is 5.02 Å². The molecule has 0 fully saturated rings. The summed E-state index contributed by atoms with van der Waals surface area (Å²) in [5, 5.41) is 18.9. The minimum atomic E-state index is -0.251. The third kappa shape index (κ3) is 4.01. The average molecular weight is 382 g/mol. The van der Waals surface area contributed by atoms with Crippen LogP contribution in [0.15, 0.2) is 42.6 Å². The van der Waals surface area contributed by atoms with Gasteiger partial charge in [-0.1, -0.05) is 23.7 Å². The molecule has 1 aromatic heterocycles. The monoisotopic (exact) mass is 381 g/mol. The van der Waals surface area contributed by atoms with Crippen LogP contribution in [-0.2, 0) is 6.42 Å². The van der Waals surface area contributed by atoms with Crippen molar-refractivity contribution in [1.82, 2.24) is 10.3 Å². The second kappa shape index (κ2) is 8.05. The van der Waals surface area contributed by atoms with E-state index in [2.05, 4.69) is 35.4 Å². The largest absolute Gasteiger partial charge is 0.361 e. The van der Waals surface area contributed by atoms with Crippen molar-refractivity contribution >= 4 is 46.8 Å². The number of hydrogen-bond acceptors (Lipinski definition) is 3. The molecule has 3 rings (SSSR count). The summed E-state index contributed by atoms with van der Waals surface area (Å²) in [6, 6.07) is 11.1. The van der Waals surface area contributed by atoms with E-state index in [-0.39, 0.29) is 10.9 Å². The molecule has 7 heteroatoms. The van der Waals surface area contributed by atoms with E-state index in [1.54, 1.807) is 18.2 Å². The lowest BCUT2D eigenvalue weighted by Gasteiger charge is -2.14. The van der Waals surface area contributed by atoms with Crippen molar-refractivity contribution in [3.05, 3.63) is 64.3 Å². The van der Waals surface area contributed by atoms with E-state index in [4.69, 9.17) is 22.4 Å². The zero-order valence-electron chi connectivity index (χ0n) is 14.8. The fourth-order valence-corrected chi connectivity index (χ4v) is 3.21. The van der Waals surface area contributed by atoms with E-state index in [1.165, 1.54) is 10.5 Å². The molecule has 2 aromatic carbocycles. The van der Waals surface area contributed by atoms with E-state index < -0.39 is 0 Å². The summed E-state index contributed by atoms with van der Waals surface area (Å²) in [6.07, 6.45) is 4.68. The Morgan fingerprint density at radius 2 is 2.00 bits per heavy atom. The number of benzene rings is 2. The van der Waals surface area contributed by atoms with Gasteiger partial charge in [-0.05, 0) is 48.7 Å². The number of aromatic nitrogens is 1. The predicted octanol–water partition coefficient (Wildman–Crippen LogP) is 4.12. The number of amides is 1. The maximum Gasteiger partial charge on any atom is 0.252 e. The normalized spacial score (nSPS) is 10.6. The first-order valence-corrected chi connectivity index (χ1v) is 8.85. The molecule has 1 amide bonds. The van der Waals surface area contributed by atoms with Gasteiger partial charge < -0.3 is 10.3 Å². The molecule has 0 spiro atoms. The van der Waals surface area contributed by atoms with Crippen molar-refractivity contribution in [3.63, 3.8) is 0 Å². The number of nitrogens with one attached hydrogen (secondary N) is 4. The number of anilines is 1. The molecule has 0 radical (unpaired) electrons. The Bertz CT molecular complexity index is 1000. The molecule has 0 aliphatic rings. The maximum atomic E-state index is 12.4. The highest BCUT2D eigenvalue weighted by Gasteiger charge is 2.12. The number of rotatable bonds is 7. The Morgan fingerprint density at radius 3 is 2.70 bits per heavy atom. The molecule has 0 bridgehead atoms. The van der Waals surface area contributed by atoms with Gasteiger partial charge in [0, 0.05) is 29.3 Å². The van der Waals surface area contributed by atoms with Crippen molar-refractivity contribution < 1.29 is 4.79 Å². The summed E-state index contributed by atoms with van der Waals surface area (Å²) in [5.41, 5.74) is 4.36. The van der Waals surface area contributed by atoms with Crippen LogP contribution in [0.5, 0.6) is 0 Å². The molecular formula is C20H20ClN5O. The quantitative estimate of drug-likeness (QED) is 0.366. The number of carbonyl (C=O) groups excluding carboxylic acids is 1. The van der Waals surface area contributed by atoms with Gasteiger partial charge in [-0.25, -0.2) is 0 Å². The van der Waals surface area contributed by atoms with Crippen LogP contribution in [-0.4, -0.2) is 30.1 Å². The molecule has 0 saturated heterocycles. The molecule has 4 N–H and O–H groups in total. The number of hydrogen-bond donors (Lipinski definition) is 4. The number of aryl methyl sites for hydroxylation is 1. The summed E-state index contributed by atoms with van der Waals surface area (Å²) in [6.45, 7) is 2.55. The minimum absolute atomic E-state index is 0.251. The van der Waals surface area contributed by atoms with E-state index in [0.29, 0.717) is 24.2 Å². The van der Waals surface area contributed by atoms with Gasteiger partial charge in [-0.15, -0.1) is 0 Å². The molecule has 27 heavy (non-hydrogen) atoms. The lowest BCUT2D eigenvalue weighted by atomic mass is 10.1. The van der Waals surface area contributed by atoms with Crippen molar-refractivity contribution in [3.8, 4) is 0 Å². The predicted molar refractivity (Wildman–Crippen MR) is 111 cm³/mol. The second-order valence-electron chi connectivity index (χ2n) is 6.20. The van der Waals surface area contributed by atoms with Gasteiger partial charge in [0.05, 0.1) is 23.3 Å². The summed E-state index contributed by atoms with van der Waals surface area (Å²) < 4.78 is 0. The summed E-state index contributed by atoms with van der Waals surface area (Å²) in [7, 11) is 0. The lowest BCUT2D eigenvalue weighted by Crippen LogP contribution is -2.26. The van der Waals surface area contributed by atoms with Gasteiger partial charge in [0.2, 0.25) is 0 Å². The van der Waals surface area contributed by atoms with Crippen LogP contribution >= 0.6 is 11.6 Å². The van der Waals surface area contributed by atoms with E-state index in [1.807, 2.05) is 6.20 Å². The van der Waals surface area contributed by atoms with Crippen LogP contribution in [0.25, 0.3) is 10.9 Å². The Balaban J connectivity index is 1.65. The average Bonchev–Trinajstić information content (AvgIpc) is 3.05. The minimum Gasteiger partial charge on any atom is -0.361 e. The first-order valence-electron chi connectivity index (χ1n) is 8.47. The van der Waals surface area contributed by atoms with Crippen molar-refractivity contribution in [1.29, 1.82) is 10.8 Å². The van der Waals surface area contributed by atoms with Gasteiger partial charge in [-0.2, -0.15) is 0 Å². The molecular weight excluding hydrogens is 362 g/mol. The zero-order chi connectivity index (χ0) is 19.4. The number of halogens is 1. The standard InChI is InChI=1S/C20H20ClN5O/c1-13-2-4-16-14(10-25-19(16)8-13)6-7-24-20(27)17-5-3-15(9-18(17)21)26(11-22)12-23/h2-5,8-12,22-23,25H,6-7H2,1H3,(H,24,27). The SMILES string of the molecule is Cc1ccc2c(CCNC(=O)c3ccc(N(C=N)C=N)cc3Cl)c[nH]c2c1. The Labute approximate surface area is 162 Å². The lowest BCUT2D eigenvalue weighted by molar-refractivity contribution is 0.0954. The van der Waals surface area contributed by atoms with E-state index in [0.717, 1.165) is 29.1 Å². The highest BCUT2D eigenvalue weighted by molar-refractivity contribution is 6.34. The smallest absolute Gasteiger partial charge is 0.252 e. The van der Waals surface area contributed by atoms with Gasteiger partial charge in [0.25, 0.3) is 5.91 Å². The number of aromatic amines is 1. The van der Waals surface area contributed by atoms with Gasteiger partial charge >= 0.3 is 0 Å². The van der Waals surface area contributed by atoms with Crippen molar-refractivity contribution in [2.75, 3.05) is 11.4 Å². The summed E-state index contributed by atoms with van der Waals surface area (Å²) >= 11 is 6.21. The van der Waals surface area contributed by atoms with E-state index >= 15 is 0 Å². The fraction of sp³-hybridized carbons (Fsp3) is 0.150. The first kappa shape index (κ1) is 18.7. The van der Waals surface area contributed by atoms with Crippen LogP contribution in [0.3, 0.4) is 0 Å². The first-order chi connectivity index (χ1) is 13.0. The van der Waals surface area contributed by atoms with E-state index in [9.17, 15) is 4.79 Å². The number of H-pyrrole nitrogens is 1. The Kier molecular flexibility index (Phi) is 5.57. The number of fused-ring (bicyclic) bond motifs is 1.